The van der Waals surface area contributed by atoms with Crippen molar-refractivity contribution in [2.24, 2.45) is 0 Å². The van der Waals surface area contributed by atoms with Crippen LogP contribution in [0.3, 0.4) is 0 Å². The van der Waals surface area contributed by atoms with Gasteiger partial charge in [0.1, 0.15) is 0 Å². The first-order valence-electron chi connectivity index (χ1n) is 7.76. The van der Waals surface area contributed by atoms with Crippen molar-refractivity contribution in [2.75, 3.05) is 18.0 Å². The lowest BCUT2D eigenvalue weighted by molar-refractivity contribution is -0.121. The summed E-state index contributed by atoms with van der Waals surface area (Å²) in [6.45, 7) is 1.71. The Labute approximate surface area is 140 Å². The fraction of sp³-hybridized carbons (Fsp3) is 0.353. The van der Waals surface area contributed by atoms with Gasteiger partial charge in [-0.1, -0.05) is 23.7 Å². The second kappa shape index (κ2) is 7.42. The van der Waals surface area contributed by atoms with Gasteiger partial charge in [-0.3, -0.25) is 4.79 Å². The smallest absolute Gasteiger partial charge is 0.225 e. The zero-order chi connectivity index (χ0) is 16.1. The van der Waals surface area contributed by atoms with Crippen LogP contribution in [0.25, 0.3) is 0 Å². The van der Waals surface area contributed by atoms with E-state index in [1.165, 1.54) is 0 Å². The Morgan fingerprint density at radius 2 is 1.83 bits per heavy atom. The SMILES string of the molecule is O=C(Cc1ccc(Cl)cc1)NC1CCN(c2ncccn2)CC1. The van der Waals surface area contributed by atoms with Crippen molar-refractivity contribution in [3.8, 4) is 0 Å². The molecule has 1 aromatic heterocycles. The van der Waals surface area contributed by atoms with Gasteiger partial charge in [-0.25, -0.2) is 9.97 Å². The molecular formula is C17H19ClN4O. The number of nitrogens with one attached hydrogen (secondary N) is 1. The molecule has 0 aliphatic carbocycles. The summed E-state index contributed by atoms with van der Waals surface area (Å²) >= 11 is 5.85. The number of halogens is 1. The van der Waals surface area contributed by atoms with Crippen LogP contribution >= 0.6 is 11.6 Å². The Kier molecular flexibility index (Phi) is 5.08. The van der Waals surface area contributed by atoms with Crippen molar-refractivity contribution in [1.82, 2.24) is 15.3 Å². The van der Waals surface area contributed by atoms with Gasteiger partial charge in [-0.15, -0.1) is 0 Å². The normalized spacial score (nSPS) is 15.4. The minimum absolute atomic E-state index is 0.0572. The first-order valence-corrected chi connectivity index (χ1v) is 8.14. The molecule has 1 aromatic carbocycles. The largest absolute Gasteiger partial charge is 0.353 e. The number of piperidine rings is 1. The number of carbonyl (C=O) groups is 1. The highest BCUT2D eigenvalue weighted by Crippen LogP contribution is 2.15. The van der Waals surface area contributed by atoms with E-state index in [2.05, 4.69) is 20.2 Å². The molecule has 1 saturated heterocycles. The van der Waals surface area contributed by atoms with Crippen LogP contribution in [0.1, 0.15) is 18.4 Å². The Bertz CT molecular complexity index is 639. The van der Waals surface area contributed by atoms with Crippen LogP contribution in [0, 0.1) is 0 Å². The summed E-state index contributed by atoms with van der Waals surface area (Å²) in [6, 6.07) is 9.42. The predicted octanol–water partition coefficient (Wildman–Crippen LogP) is 2.46. The van der Waals surface area contributed by atoms with Gasteiger partial charge in [-0.05, 0) is 36.6 Å². The van der Waals surface area contributed by atoms with E-state index in [-0.39, 0.29) is 11.9 Å². The number of nitrogens with zero attached hydrogens (tertiary/aromatic N) is 3. The van der Waals surface area contributed by atoms with Gasteiger partial charge in [0.2, 0.25) is 11.9 Å². The predicted molar refractivity (Wildman–Crippen MR) is 90.6 cm³/mol. The molecule has 120 valence electrons. The van der Waals surface area contributed by atoms with Crippen molar-refractivity contribution in [2.45, 2.75) is 25.3 Å². The molecular weight excluding hydrogens is 312 g/mol. The first-order chi connectivity index (χ1) is 11.2. The van der Waals surface area contributed by atoms with E-state index >= 15 is 0 Å². The third-order valence-electron chi connectivity index (χ3n) is 3.97. The molecule has 0 unspecified atom stereocenters. The van der Waals surface area contributed by atoms with E-state index < -0.39 is 0 Å². The maximum Gasteiger partial charge on any atom is 0.225 e. The highest BCUT2D eigenvalue weighted by molar-refractivity contribution is 6.30. The average Bonchev–Trinajstić information content (AvgIpc) is 2.58. The fourth-order valence-corrected chi connectivity index (χ4v) is 2.87. The molecule has 1 fully saturated rings. The lowest BCUT2D eigenvalue weighted by Crippen LogP contribution is -2.45. The molecule has 2 aromatic rings. The van der Waals surface area contributed by atoms with E-state index in [0.717, 1.165) is 37.4 Å². The van der Waals surface area contributed by atoms with E-state index in [1.54, 1.807) is 12.4 Å². The average molecular weight is 331 g/mol. The minimum atomic E-state index is 0.0572. The standard InChI is InChI=1S/C17H19ClN4O/c18-14-4-2-13(3-5-14)12-16(23)21-15-6-10-22(11-7-15)17-19-8-1-9-20-17/h1-5,8-9,15H,6-7,10-12H2,(H,21,23). The lowest BCUT2D eigenvalue weighted by atomic mass is 10.0. The maximum atomic E-state index is 12.1. The van der Waals surface area contributed by atoms with Crippen molar-refractivity contribution < 1.29 is 4.79 Å². The monoisotopic (exact) mass is 330 g/mol. The van der Waals surface area contributed by atoms with Gasteiger partial charge >= 0.3 is 0 Å². The number of benzene rings is 1. The van der Waals surface area contributed by atoms with Crippen LogP contribution in [0.4, 0.5) is 5.95 Å². The summed E-state index contributed by atoms with van der Waals surface area (Å²) < 4.78 is 0. The van der Waals surface area contributed by atoms with Gasteiger partial charge < -0.3 is 10.2 Å². The second-order valence-corrected chi connectivity index (χ2v) is 6.12. The molecule has 5 nitrogen and oxygen atoms in total. The molecule has 1 aliphatic rings. The fourth-order valence-electron chi connectivity index (χ4n) is 2.74. The van der Waals surface area contributed by atoms with Crippen molar-refractivity contribution in [3.63, 3.8) is 0 Å². The highest BCUT2D eigenvalue weighted by Gasteiger charge is 2.22. The van der Waals surface area contributed by atoms with E-state index in [9.17, 15) is 4.79 Å². The minimum Gasteiger partial charge on any atom is -0.353 e. The highest BCUT2D eigenvalue weighted by atomic mass is 35.5. The molecule has 3 rings (SSSR count). The molecule has 0 atom stereocenters. The van der Waals surface area contributed by atoms with E-state index in [0.29, 0.717) is 11.4 Å². The Balaban J connectivity index is 1.47. The third kappa shape index (κ3) is 4.42. The Morgan fingerprint density at radius 1 is 1.17 bits per heavy atom. The van der Waals surface area contributed by atoms with Crippen LogP contribution in [-0.2, 0) is 11.2 Å². The molecule has 0 spiro atoms. The molecule has 23 heavy (non-hydrogen) atoms. The maximum absolute atomic E-state index is 12.1. The first kappa shape index (κ1) is 15.7. The third-order valence-corrected chi connectivity index (χ3v) is 4.22. The molecule has 1 amide bonds. The quantitative estimate of drug-likeness (QED) is 0.935. The van der Waals surface area contributed by atoms with Gasteiger partial charge in [0.15, 0.2) is 0 Å². The van der Waals surface area contributed by atoms with Crippen molar-refractivity contribution in [1.29, 1.82) is 0 Å². The number of hydrogen-bond donors (Lipinski definition) is 1. The molecule has 0 bridgehead atoms. The van der Waals surface area contributed by atoms with E-state index in [4.69, 9.17) is 11.6 Å². The number of amides is 1. The van der Waals surface area contributed by atoms with Crippen molar-refractivity contribution in [3.05, 3.63) is 53.3 Å². The van der Waals surface area contributed by atoms with Gasteiger partial charge in [0.25, 0.3) is 0 Å². The summed E-state index contributed by atoms with van der Waals surface area (Å²) in [5.74, 6) is 0.820. The molecule has 1 aliphatic heterocycles. The molecule has 1 N–H and O–H groups in total. The number of rotatable bonds is 4. The lowest BCUT2D eigenvalue weighted by Gasteiger charge is -2.32. The number of anilines is 1. The number of carbonyl (C=O) groups excluding carboxylic acids is 1. The van der Waals surface area contributed by atoms with Crippen LogP contribution < -0.4 is 10.2 Å². The van der Waals surface area contributed by atoms with Crippen molar-refractivity contribution >= 4 is 23.5 Å². The van der Waals surface area contributed by atoms with E-state index in [1.807, 2.05) is 30.3 Å². The summed E-state index contributed by atoms with van der Waals surface area (Å²) in [5, 5.41) is 3.80. The zero-order valence-electron chi connectivity index (χ0n) is 12.8. The topological polar surface area (TPSA) is 58.1 Å². The van der Waals surface area contributed by atoms with Crippen LogP contribution in [0.5, 0.6) is 0 Å². The second-order valence-electron chi connectivity index (χ2n) is 5.68. The summed E-state index contributed by atoms with van der Waals surface area (Å²) in [7, 11) is 0. The van der Waals surface area contributed by atoms with Crippen LogP contribution in [0.2, 0.25) is 5.02 Å². The zero-order valence-corrected chi connectivity index (χ0v) is 13.5. The molecule has 0 radical (unpaired) electrons. The molecule has 6 heteroatoms. The van der Waals surface area contributed by atoms with Gasteiger partial charge in [0.05, 0.1) is 6.42 Å². The summed E-state index contributed by atoms with van der Waals surface area (Å²) in [5.41, 5.74) is 0.974. The Hall–Kier alpha value is -2.14. The molecule has 0 saturated carbocycles. The van der Waals surface area contributed by atoms with Crippen LogP contribution in [-0.4, -0.2) is 35.0 Å². The number of aromatic nitrogens is 2. The summed E-state index contributed by atoms with van der Waals surface area (Å²) in [6.07, 6.45) is 5.71. The Morgan fingerprint density at radius 3 is 2.48 bits per heavy atom. The summed E-state index contributed by atoms with van der Waals surface area (Å²) in [4.78, 5) is 22.8. The van der Waals surface area contributed by atoms with Gasteiger partial charge in [0, 0.05) is 36.5 Å². The number of hydrogen-bond acceptors (Lipinski definition) is 4. The molecule has 2 heterocycles. The van der Waals surface area contributed by atoms with Crippen LogP contribution in [0.15, 0.2) is 42.7 Å². The van der Waals surface area contributed by atoms with Gasteiger partial charge in [-0.2, -0.15) is 0 Å².